The van der Waals surface area contributed by atoms with Crippen molar-refractivity contribution in [2.75, 3.05) is 0 Å². The molecular weight excluding hydrogens is 528 g/mol. The van der Waals surface area contributed by atoms with Gasteiger partial charge in [-0.1, -0.05) is 163 Å². The Kier molecular flexibility index (Phi) is 7.49. The Labute approximate surface area is 261 Å². The third-order valence-corrected chi connectivity index (χ3v) is 8.46. The largest absolute Gasteiger partial charge is 0.0622 e. The van der Waals surface area contributed by atoms with E-state index in [2.05, 4.69) is 184 Å². The zero-order valence-corrected chi connectivity index (χ0v) is 25.2. The fraction of sp³-hybridized carbons (Fsp3) is 0.0455. The zero-order chi connectivity index (χ0) is 29.9. The molecule has 0 atom stereocenters. The van der Waals surface area contributed by atoms with Crippen LogP contribution >= 0.6 is 0 Å². The van der Waals surface area contributed by atoms with Crippen LogP contribution in [0.1, 0.15) is 11.1 Å². The molecule has 0 saturated heterocycles. The molecule has 0 amide bonds. The van der Waals surface area contributed by atoms with Gasteiger partial charge >= 0.3 is 0 Å². The van der Waals surface area contributed by atoms with Crippen molar-refractivity contribution in [3.05, 3.63) is 181 Å². The molecule has 0 saturated carbocycles. The SMILES string of the molecule is Cc1ccc(-c2ccc(-c3cc(-c4ccc(-c5ccccc5)cc4)cc(-c4ccc(-c5ccc(C)cc5)cc4)c3)cc2)cc1. The van der Waals surface area contributed by atoms with Crippen LogP contribution in [-0.2, 0) is 0 Å². The highest BCUT2D eigenvalue weighted by molar-refractivity contribution is 5.83. The van der Waals surface area contributed by atoms with Crippen molar-refractivity contribution in [1.29, 1.82) is 0 Å². The van der Waals surface area contributed by atoms with Crippen LogP contribution in [0.5, 0.6) is 0 Å². The highest BCUT2D eigenvalue weighted by Gasteiger charge is 2.10. The first kappa shape index (κ1) is 27.4. The average molecular weight is 563 g/mol. The molecule has 0 nitrogen and oxygen atoms in total. The Balaban J connectivity index is 1.27. The van der Waals surface area contributed by atoms with E-state index in [9.17, 15) is 0 Å². The Morgan fingerprint density at radius 3 is 0.682 bits per heavy atom. The normalized spacial score (nSPS) is 11.0. The predicted molar refractivity (Wildman–Crippen MR) is 189 cm³/mol. The summed E-state index contributed by atoms with van der Waals surface area (Å²) in [6, 6.07) is 61.9. The van der Waals surface area contributed by atoms with Crippen LogP contribution in [0.15, 0.2) is 170 Å². The average Bonchev–Trinajstić information content (AvgIpc) is 3.09. The topological polar surface area (TPSA) is 0 Å². The number of hydrogen-bond acceptors (Lipinski definition) is 0. The second kappa shape index (κ2) is 12.0. The fourth-order valence-corrected chi connectivity index (χ4v) is 5.82. The van der Waals surface area contributed by atoms with Gasteiger partial charge in [0.1, 0.15) is 0 Å². The van der Waals surface area contributed by atoms with Crippen molar-refractivity contribution in [3.63, 3.8) is 0 Å². The highest BCUT2D eigenvalue weighted by atomic mass is 14.1. The molecular formula is C44H34. The lowest BCUT2D eigenvalue weighted by Crippen LogP contribution is -1.88. The van der Waals surface area contributed by atoms with Gasteiger partial charge in [-0.25, -0.2) is 0 Å². The molecule has 0 aliphatic heterocycles. The van der Waals surface area contributed by atoms with Gasteiger partial charge in [0.25, 0.3) is 0 Å². The summed E-state index contributed by atoms with van der Waals surface area (Å²) in [5, 5.41) is 0. The smallest absolute Gasteiger partial charge is 0.0172 e. The Bertz CT molecular complexity index is 1890. The van der Waals surface area contributed by atoms with Crippen LogP contribution in [0.3, 0.4) is 0 Å². The van der Waals surface area contributed by atoms with Crippen LogP contribution in [0.25, 0.3) is 66.8 Å². The van der Waals surface area contributed by atoms with Crippen molar-refractivity contribution in [2.24, 2.45) is 0 Å². The van der Waals surface area contributed by atoms with Gasteiger partial charge < -0.3 is 0 Å². The number of hydrogen-bond donors (Lipinski definition) is 0. The van der Waals surface area contributed by atoms with Crippen LogP contribution in [0.2, 0.25) is 0 Å². The van der Waals surface area contributed by atoms with E-state index >= 15 is 0 Å². The van der Waals surface area contributed by atoms with Gasteiger partial charge in [-0.05, 0) is 98.8 Å². The molecule has 210 valence electrons. The predicted octanol–water partition coefficient (Wildman–Crippen LogP) is 12.3. The van der Waals surface area contributed by atoms with Gasteiger partial charge in [-0.2, -0.15) is 0 Å². The minimum absolute atomic E-state index is 1.21. The second-order valence-corrected chi connectivity index (χ2v) is 11.6. The minimum Gasteiger partial charge on any atom is -0.0622 e. The van der Waals surface area contributed by atoms with Gasteiger partial charge in [0.15, 0.2) is 0 Å². The maximum absolute atomic E-state index is 2.32. The van der Waals surface area contributed by atoms with Crippen LogP contribution in [0, 0.1) is 13.8 Å². The number of rotatable bonds is 6. The van der Waals surface area contributed by atoms with Crippen LogP contribution in [-0.4, -0.2) is 0 Å². The molecule has 0 aliphatic rings. The highest BCUT2D eigenvalue weighted by Crippen LogP contribution is 2.35. The van der Waals surface area contributed by atoms with Crippen molar-refractivity contribution < 1.29 is 0 Å². The van der Waals surface area contributed by atoms with E-state index < -0.39 is 0 Å². The van der Waals surface area contributed by atoms with Gasteiger partial charge in [0.05, 0.1) is 0 Å². The molecule has 0 radical (unpaired) electrons. The first-order valence-electron chi connectivity index (χ1n) is 15.2. The molecule has 0 bridgehead atoms. The van der Waals surface area contributed by atoms with Gasteiger partial charge in [-0.15, -0.1) is 0 Å². The van der Waals surface area contributed by atoms with Gasteiger partial charge in [0, 0.05) is 0 Å². The van der Waals surface area contributed by atoms with Crippen molar-refractivity contribution in [3.8, 4) is 66.8 Å². The van der Waals surface area contributed by atoms with E-state index in [1.165, 1.54) is 77.9 Å². The Morgan fingerprint density at radius 2 is 0.409 bits per heavy atom. The molecule has 0 spiro atoms. The quantitative estimate of drug-likeness (QED) is 0.189. The first-order valence-corrected chi connectivity index (χ1v) is 15.2. The van der Waals surface area contributed by atoms with Crippen molar-refractivity contribution in [2.45, 2.75) is 13.8 Å². The summed E-state index contributed by atoms with van der Waals surface area (Å²) in [5.74, 6) is 0. The minimum atomic E-state index is 1.21. The summed E-state index contributed by atoms with van der Waals surface area (Å²) in [5.41, 5.74) is 17.2. The molecule has 0 aromatic heterocycles. The second-order valence-electron chi connectivity index (χ2n) is 11.6. The number of aryl methyl sites for hydroxylation is 2. The third-order valence-electron chi connectivity index (χ3n) is 8.46. The van der Waals surface area contributed by atoms with E-state index in [-0.39, 0.29) is 0 Å². The lowest BCUT2D eigenvalue weighted by atomic mass is 9.91. The zero-order valence-electron chi connectivity index (χ0n) is 25.2. The summed E-state index contributed by atoms with van der Waals surface area (Å²) in [6.07, 6.45) is 0. The van der Waals surface area contributed by atoms with E-state index in [0.29, 0.717) is 0 Å². The van der Waals surface area contributed by atoms with Crippen LogP contribution < -0.4 is 0 Å². The number of benzene rings is 7. The summed E-state index contributed by atoms with van der Waals surface area (Å²) < 4.78 is 0. The lowest BCUT2D eigenvalue weighted by Gasteiger charge is -2.13. The van der Waals surface area contributed by atoms with Crippen molar-refractivity contribution in [1.82, 2.24) is 0 Å². The molecule has 0 unspecified atom stereocenters. The van der Waals surface area contributed by atoms with Gasteiger partial charge in [-0.3, -0.25) is 0 Å². The van der Waals surface area contributed by atoms with E-state index in [1.54, 1.807) is 0 Å². The maximum Gasteiger partial charge on any atom is -0.0172 e. The molecule has 0 aliphatic carbocycles. The summed E-state index contributed by atoms with van der Waals surface area (Å²) in [7, 11) is 0. The Hall–Kier alpha value is -5.46. The Morgan fingerprint density at radius 1 is 0.205 bits per heavy atom. The molecule has 0 N–H and O–H groups in total. The summed E-state index contributed by atoms with van der Waals surface area (Å²) in [6.45, 7) is 4.26. The molecule has 44 heavy (non-hydrogen) atoms. The fourth-order valence-electron chi connectivity index (χ4n) is 5.82. The van der Waals surface area contributed by atoms with E-state index in [4.69, 9.17) is 0 Å². The molecule has 7 aromatic carbocycles. The first-order chi connectivity index (χ1) is 21.6. The summed E-state index contributed by atoms with van der Waals surface area (Å²) in [4.78, 5) is 0. The lowest BCUT2D eigenvalue weighted by molar-refractivity contribution is 1.47. The van der Waals surface area contributed by atoms with E-state index in [1.807, 2.05) is 0 Å². The van der Waals surface area contributed by atoms with E-state index in [0.717, 1.165) is 0 Å². The molecule has 7 aromatic rings. The van der Waals surface area contributed by atoms with Crippen molar-refractivity contribution >= 4 is 0 Å². The monoisotopic (exact) mass is 562 g/mol. The van der Waals surface area contributed by atoms with Gasteiger partial charge in [0.2, 0.25) is 0 Å². The molecule has 0 fully saturated rings. The third kappa shape index (κ3) is 5.89. The summed E-state index contributed by atoms with van der Waals surface area (Å²) >= 11 is 0. The molecule has 7 rings (SSSR count). The molecule has 0 heterocycles. The van der Waals surface area contributed by atoms with Crippen LogP contribution in [0.4, 0.5) is 0 Å². The molecule has 0 heteroatoms. The maximum atomic E-state index is 2.32. The standard InChI is InChI=1S/C44H34/c1-31-8-12-34(13-9-31)37-18-24-40(25-19-37)43-28-42(39-22-16-36(17-23-39)33-6-4-3-5-7-33)29-44(30-43)41-26-20-38(21-27-41)35-14-10-32(2)11-15-35/h3-30H,1-2H3.